The topological polar surface area (TPSA) is 64.3 Å². The lowest BCUT2D eigenvalue weighted by Crippen LogP contribution is -2.22. The van der Waals surface area contributed by atoms with E-state index in [-0.39, 0.29) is 5.97 Å². The molecular weight excluding hydrogens is 228 g/mol. The molecule has 1 aromatic carbocycles. The minimum absolute atomic E-state index is 0.320. The zero-order chi connectivity index (χ0) is 13.7. The van der Waals surface area contributed by atoms with Gasteiger partial charge in [-0.2, -0.15) is 0 Å². The number of carbonyl (C=O) groups excluding carboxylic acids is 1. The number of benzene rings is 1. The minimum atomic E-state index is -0.340. The van der Waals surface area contributed by atoms with E-state index in [2.05, 4.69) is 26.1 Å². The fraction of sp³-hybridized carbons (Fsp3) is 0.500. The Bertz CT molecular complexity index is 416. The molecule has 0 aliphatic carbocycles. The highest BCUT2D eigenvalue weighted by Gasteiger charge is 2.11. The summed E-state index contributed by atoms with van der Waals surface area (Å²) in [6.45, 7) is 8.52. The second-order valence-corrected chi connectivity index (χ2v) is 4.70. The van der Waals surface area contributed by atoms with E-state index in [0.717, 1.165) is 5.69 Å². The van der Waals surface area contributed by atoms with Gasteiger partial charge in [-0.1, -0.05) is 13.8 Å². The van der Waals surface area contributed by atoms with Crippen molar-refractivity contribution in [3.8, 4) is 0 Å². The van der Waals surface area contributed by atoms with Gasteiger partial charge in [0.15, 0.2) is 0 Å². The van der Waals surface area contributed by atoms with Gasteiger partial charge in [-0.3, -0.25) is 0 Å². The third-order valence-corrected chi connectivity index (χ3v) is 2.95. The molecule has 0 heterocycles. The van der Waals surface area contributed by atoms with Gasteiger partial charge in [0.1, 0.15) is 0 Å². The summed E-state index contributed by atoms with van der Waals surface area (Å²) in [5.74, 6) is 0.168. The predicted octanol–water partition coefficient (Wildman–Crippen LogP) is 2.90. The second-order valence-electron chi connectivity index (χ2n) is 4.70. The Morgan fingerprint density at radius 3 is 2.56 bits per heavy atom. The molecule has 0 radical (unpaired) electrons. The molecular formula is C14H22N2O2. The van der Waals surface area contributed by atoms with Crippen LogP contribution in [0.25, 0.3) is 0 Å². The average Bonchev–Trinajstić information content (AvgIpc) is 2.31. The number of esters is 1. The van der Waals surface area contributed by atoms with Crippen molar-refractivity contribution in [1.29, 1.82) is 0 Å². The first kappa shape index (κ1) is 14.4. The molecule has 100 valence electrons. The summed E-state index contributed by atoms with van der Waals surface area (Å²) >= 11 is 0. The highest BCUT2D eigenvalue weighted by Crippen LogP contribution is 2.22. The monoisotopic (exact) mass is 250 g/mol. The van der Waals surface area contributed by atoms with Crippen LogP contribution in [0.2, 0.25) is 0 Å². The Morgan fingerprint density at radius 2 is 2.06 bits per heavy atom. The number of carbonyl (C=O) groups is 1. The first-order chi connectivity index (χ1) is 8.45. The van der Waals surface area contributed by atoms with E-state index in [4.69, 9.17) is 10.5 Å². The Morgan fingerprint density at radius 1 is 1.39 bits per heavy atom. The molecule has 0 spiro atoms. The van der Waals surface area contributed by atoms with E-state index in [1.807, 2.05) is 6.07 Å². The van der Waals surface area contributed by atoms with Crippen molar-refractivity contribution in [3.05, 3.63) is 23.8 Å². The number of nitrogen functional groups attached to an aromatic ring is 1. The van der Waals surface area contributed by atoms with E-state index in [9.17, 15) is 4.79 Å². The van der Waals surface area contributed by atoms with Crippen molar-refractivity contribution in [1.82, 2.24) is 0 Å². The zero-order valence-corrected chi connectivity index (χ0v) is 11.5. The summed E-state index contributed by atoms with van der Waals surface area (Å²) in [4.78, 5) is 11.5. The van der Waals surface area contributed by atoms with Crippen molar-refractivity contribution < 1.29 is 9.53 Å². The average molecular weight is 250 g/mol. The number of anilines is 2. The van der Waals surface area contributed by atoms with Gasteiger partial charge in [0, 0.05) is 6.04 Å². The van der Waals surface area contributed by atoms with Crippen molar-refractivity contribution in [2.24, 2.45) is 5.92 Å². The van der Waals surface area contributed by atoms with Crippen LogP contribution in [0.1, 0.15) is 38.1 Å². The third-order valence-electron chi connectivity index (χ3n) is 2.95. The first-order valence-electron chi connectivity index (χ1n) is 6.28. The van der Waals surface area contributed by atoms with E-state index in [0.29, 0.717) is 29.8 Å². The van der Waals surface area contributed by atoms with Crippen molar-refractivity contribution in [2.45, 2.75) is 33.7 Å². The summed E-state index contributed by atoms with van der Waals surface area (Å²) in [7, 11) is 0. The molecule has 4 nitrogen and oxygen atoms in total. The summed E-state index contributed by atoms with van der Waals surface area (Å²) in [5.41, 5.74) is 7.83. The summed E-state index contributed by atoms with van der Waals surface area (Å²) in [6.07, 6.45) is 0. The van der Waals surface area contributed by atoms with E-state index in [1.54, 1.807) is 19.1 Å². The minimum Gasteiger partial charge on any atom is -0.462 e. The fourth-order valence-corrected chi connectivity index (χ4v) is 1.45. The van der Waals surface area contributed by atoms with Gasteiger partial charge in [-0.15, -0.1) is 0 Å². The van der Waals surface area contributed by atoms with Crippen molar-refractivity contribution >= 4 is 17.3 Å². The molecule has 0 saturated carbocycles. The van der Waals surface area contributed by atoms with E-state index in [1.165, 1.54) is 0 Å². The summed E-state index contributed by atoms with van der Waals surface area (Å²) in [6, 6.07) is 5.51. The Hall–Kier alpha value is -1.71. The van der Waals surface area contributed by atoms with Gasteiger partial charge in [0.25, 0.3) is 0 Å². The van der Waals surface area contributed by atoms with Crippen LogP contribution < -0.4 is 11.1 Å². The largest absolute Gasteiger partial charge is 0.462 e. The van der Waals surface area contributed by atoms with Crippen LogP contribution >= 0.6 is 0 Å². The Balaban J connectivity index is 2.83. The molecule has 4 heteroatoms. The van der Waals surface area contributed by atoms with Gasteiger partial charge in [-0.05, 0) is 38.0 Å². The lowest BCUT2D eigenvalue weighted by atomic mass is 10.1. The number of nitrogens with one attached hydrogen (secondary N) is 1. The molecule has 0 aliphatic heterocycles. The molecule has 0 aliphatic rings. The molecule has 0 aromatic heterocycles. The smallest absolute Gasteiger partial charge is 0.338 e. The molecule has 18 heavy (non-hydrogen) atoms. The molecule has 1 aromatic rings. The zero-order valence-electron chi connectivity index (χ0n) is 11.5. The van der Waals surface area contributed by atoms with Crippen LogP contribution in [0.3, 0.4) is 0 Å². The maximum atomic E-state index is 11.5. The normalized spacial score (nSPS) is 12.3. The van der Waals surface area contributed by atoms with Crippen molar-refractivity contribution in [2.75, 3.05) is 17.7 Å². The van der Waals surface area contributed by atoms with Gasteiger partial charge >= 0.3 is 5.97 Å². The van der Waals surface area contributed by atoms with Gasteiger partial charge in [-0.25, -0.2) is 4.79 Å². The van der Waals surface area contributed by atoms with Crippen LogP contribution in [0.4, 0.5) is 11.4 Å². The molecule has 1 unspecified atom stereocenters. The lowest BCUT2D eigenvalue weighted by molar-refractivity contribution is 0.0526. The molecule has 3 N–H and O–H groups in total. The lowest BCUT2D eigenvalue weighted by Gasteiger charge is -2.20. The molecule has 0 fully saturated rings. The second kappa shape index (κ2) is 6.28. The standard InChI is InChI=1S/C14H22N2O2/c1-5-18-14(17)11-6-7-13(12(15)8-11)16-10(4)9(2)3/h6-10,16H,5,15H2,1-4H3. The predicted molar refractivity (Wildman–Crippen MR) is 74.7 cm³/mol. The van der Waals surface area contributed by atoms with E-state index < -0.39 is 0 Å². The highest BCUT2D eigenvalue weighted by molar-refractivity contribution is 5.91. The number of rotatable bonds is 5. The third kappa shape index (κ3) is 3.65. The molecule has 1 rings (SSSR count). The number of ether oxygens (including phenoxy) is 1. The number of hydrogen-bond donors (Lipinski definition) is 2. The highest BCUT2D eigenvalue weighted by atomic mass is 16.5. The SMILES string of the molecule is CCOC(=O)c1ccc(NC(C)C(C)C)c(N)c1. The molecule has 1 atom stereocenters. The Kier molecular flexibility index (Phi) is 5.01. The Labute approximate surface area is 109 Å². The van der Waals surface area contributed by atoms with Crippen LogP contribution in [-0.4, -0.2) is 18.6 Å². The van der Waals surface area contributed by atoms with E-state index >= 15 is 0 Å². The van der Waals surface area contributed by atoms with Gasteiger partial charge in [0.05, 0.1) is 23.5 Å². The van der Waals surface area contributed by atoms with Crippen LogP contribution in [0.15, 0.2) is 18.2 Å². The maximum Gasteiger partial charge on any atom is 0.338 e. The van der Waals surface area contributed by atoms with Crippen molar-refractivity contribution in [3.63, 3.8) is 0 Å². The van der Waals surface area contributed by atoms with Gasteiger partial charge < -0.3 is 15.8 Å². The van der Waals surface area contributed by atoms with Crippen LogP contribution in [-0.2, 0) is 4.74 Å². The number of hydrogen-bond acceptors (Lipinski definition) is 4. The first-order valence-corrected chi connectivity index (χ1v) is 6.28. The van der Waals surface area contributed by atoms with Gasteiger partial charge in [0.2, 0.25) is 0 Å². The number of nitrogens with two attached hydrogens (primary N) is 1. The fourth-order valence-electron chi connectivity index (χ4n) is 1.45. The summed E-state index contributed by atoms with van der Waals surface area (Å²) < 4.78 is 4.93. The van der Waals surface area contributed by atoms with Crippen LogP contribution in [0, 0.1) is 5.92 Å². The quantitative estimate of drug-likeness (QED) is 0.623. The summed E-state index contributed by atoms with van der Waals surface area (Å²) in [5, 5.41) is 3.33. The molecule has 0 amide bonds. The van der Waals surface area contributed by atoms with Crippen LogP contribution in [0.5, 0.6) is 0 Å². The molecule has 0 bridgehead atoms. The maximum absolute atomic E-state index is 11.5. The molecule has 0 saturated heterocycles.